The molecule has 1 amide bonds. The number of carbonyl (C=O) groups is 1. The van der Waals surface area contributed by atoms with Gasteiger partial charge in [0.25, 0.3) is 0 Å². The van der Waals surface area contributed by atoms with E-state index in [1.54, 1.807) is 0 Å². The third kappa shape index (κ3) is 4.74. The SMILES string of the molecule is CC(C)(C)C(=O)N[C@@H](N1CCOCC1)C(Cl)(Cl)Cl. The molecule has 7 heteroatoms. The van der Waals surface area contributed by atoms with Crippen molar-refractivity contribution in [3.8, 4) is 0 Å². The Bertz CT molecular complexity index is 294. The molecule has 0 aromatic heterocycles. The Morgan fingerprint density at radius 2 is 1.72 bits per heavy atom. The summed E-state index contributed by atoms with van der Waals surface area (Å²) in [7, 11) is 0. The molecule has 0 aromatic carbocycles. The van der Waals surface area contributed by atoms with E-state index in [-0.39, 0.29) is 5.91 Å². The number of hydrogen-bond donors (Lipinski definition) is 1. The molecule has 1 rings (SSSR count). The van der Waals surface area contributed by atoms with E-state index in [2.05, 4.69) is 5.32 Å². The smallest absolute Gasteiger partial charge is 0.226 e. The molecular formula is C11H19Cl3N2O2. The summed E-state index contributed by atoms with van der Waals surface area (Å²) in [6.45, 7) is 7.85. The summed E-state index contributed by atoms with van der Waals surface area (Å²) in [5, 5.41) is 2.80. The average molecular weight is 318 g/mol. The highest BCUT2D eigenvalue weighted by Crippen LogP contribution is 2.33. The largest absolute Gasteiger partial charge is 0.379 e. The molecule has 0 saturated carbocycles. The van der Waals surface area contributed by atoms with Crippen LogP contribution in [0.15, 0.2) is 0 Å². The first-order valence-electron chi connectivity index (χ1n) is 5.82. The van der Waals surface area contributed by atoms with Crippen molar-refractivity contribution in [2.24, 2.45) is 5.41 Å². The molecule has 0 unspecified atom stereocenters. The number of halogens is 3. The first-order chi connectivity index (χ1) is 8.12. The van der Waals surface area contributed by atoms with E-state index in [0.29, 0.717) is 26.3 Å². The Morgan fingerprint density at radius 3 is 2.11 bits per heavy atom. The Hall–Kier alpha value is 0.260. The van der Waals surface area contributed by atoms with Gasteiger partial charge in [-0.25, -0.2) is 0 Å². The first kappa shape index (κ1) is 16.3. The minimum Gasteiger partial charge on any atom is -0.379 e. The number of amides is 1. The maximum Gasteiger partial charge on any atom is 0.226 e. The van der Waals surface area contributed by atoms with Crippen LogP contribution >= 0.6 is 34.8 Å². The van der Waals surface area contributed by atoms with Crippen molar-refractivity contribution in [3.05, 3.63) is 0 Å². The van der Waals surface area contributed by atoms with Gasteiger partial charge in [0.1, 0.15) is 6.17 Å². The topological polar surface area (TPSA) is 41.6 Å². The minimum atomic E-state index is -1.57. The number of nitrogens with zero attached hydrogens (tertiary/aromatic N) is 1. The van der Waals surface area contributed by atoms with Crippen LogP contribution in [0.4, 0.5) is 0 Å². The van der Waals surface area contributed by atoms with Crippen molar-refractivity contribution in [2.45, 2.75) is 30.7 Å². The highest BCUT2D eigenvalue weighted by molar-refractivity contribution is 6.68. The number of alkyl halides is 3. The molecule has 1 aliphatic heterocycles. The molecule has 1 heterocycles. The summed E-state index contributed by atoms with van der Waals surface area (Å²) in [5.74, 6) is -0.148. The highest BCUT2D eigenvalue weighted by atomic mass is 35.6. The number of carbonyl (C=O) groups excluding carboxylic acids is 1. The minimum absolute atomic E-state index is 0.148. The average Bonchev–Trinajstić information content (AvgIpc) is 2.23. The van der Waals surface area contributed by atoms with E-state index in [1.807, 2.05) is 25.7 Å². The Balaban J connectivity index is 2.76. The lowest BCUT2D eigenvalue weighted by molar-refractivity contribution is -0.131. The van der Waals surface area contributed by atoms with E-state index in [0.717, 1.165) is 0 Å². The summed E-state index contributed by atoms with van der Waals surface area (Å²) in [6.07, 6.45) is -0.641. The Morgan fingerprint density at radius 1 is 1.22 bits per heavy atom. The van der Waals surface area contributed by atoms with Gasteiger partial charge in [-0.15, -0.1) is 0 Å². The van der Waals surface area contributed by atoms with Crippen LogP contribution in [0.3, 0.4) is 0 Å². The van der Waals surface area contributed by atoms with Crippen molar-refractivity contribution < 1.29 is 9.53 Å². The molecular weight excluding hydrogens is 298 g/mol. The number of ether oxygens (including phenoxy) is 1. The van der Waals surface area contributed by atoms with Gasteiger partial charge in [-0.2, -0.15) is 0 Å². The van der Waals surface area contributed by atoms with E-state index in [9.17, 15) is 4.79 Å². The molecule has 1 fully saturated rings. The monoisotopic (exact) mass is 316 g/mol. The van der Waals surface area contributed by atoms with Crippen molar-refractivity contribution in [1.82, 2.24) is 10.2 Å². The molecule has 0 spiro atoms. The van der Waals surface area contributed by atoms with Crippen LogP contribution in [0.1, 0.15) is 20.8 Å². The summed E-state index contributed by atoms with van der Waals surface area (Å²) in [6, 6.07) is 0. The van der Waals surface area contributed by atoms with E-state index in [4.69, 9.17) is 39.5 Å². The summed E-state index contributed by atoms with van der Waals surface area (Å²) >= 11 is 17.9. The lowest BCUT2D eigenvalue weighted by Crippen LogP contribution is -2.59. The lowest BCUT2D eigenvalue weighted by Gasteiger charge is -2.39. The van der Waals surface area contributed by atoms with Gasteiger partial charge in [-0.1, -0.05) is 55.6 Å². The zero-order valence-corrected chi connectivity index (χ0v) is 13.1. The summed E-state index contributed by atoms with van der Waals surface area (Å²) < 4.78 is 3.68. The Kier molecular flexibility index (Phi) is 5.57. The van der Waals surface area contributed by atoms with E-state index < -0.39 is 15.4 Å². The normalized spacial score (nSPS) is 20.6. The predicted octanol–water partition coefficient (Wildman–Crippen LogP) is 2.18. The van der Waals surface area contributed by atoms with Crippen LogP contribution in [-0.4, -0.2) is 47.1 Å². The highest BCUT2D eigenvalue weighted by Gasteiger charge is 2.40. The van der Waals surface area contributed by atoms with Crippen molar-refractivity contribution >= 4 is 40.7 Å². The van der Waals surface area contributed by atoms with Gasteiger partial charge in [-0.05, 0) is 0 Å². The molecule has 106 valence electrons. The summed E-state index contributed by atoms with van der Waals surface area (Å²) in [4.78, 5) is 13.9. The third-order valence-corrected chi connectivity index (χ3v) is 3.29. The standard InChI is InChI=1S/C11H19Cl3N2O2/c1-10(2,3)9(17)15-8(11(12,13)14)16-4-6-18-7-5-16/h8H,4-7H2,1-3H3,(H,15,17)/t8-/m0/s1. The molecule has 0 aliphatic carbocycles. The zero-order valence-electron chi connectivity index (χ0n) is 10.8. The second-order valence-corrected chi connectivity index (χ2v) is 7.68. The second-order valence-electron chi connectivity index (χ2n) is 5.32. The van der Waals surface area contributed by atoms with E-state index >= 15 is 0 Å². The van der Waals surface area contributed by atoms with Gasteiger partial charge in [0, 0.05) is 18.5 Å². The second kappa shape index (κ2) is 6.14. The molecule has 0 bridgehead atoms. The van der Waals surface area contributed by atoms with Crippen LogP contribution in [0.25, 0.3) is 0 Å². The quantitative estimate of drug-likeness (QED) is 0.794. The predicted molar refractivity (Wildman–Crippen MR) is 74.1 cm³/mol. The van der Waals surface area contributed by atoms with Crippen LogP contribution in [0, 0.1) is 5.41 Å². The van der Waals surface area contributed by atoms with Gasteiger partial charge in [0.05, 0.1) is 13.2 Å². The van der Waals surface area contributed by atoms with Gasteiger partial charge >= 0.3 is 0 Å². The molecule has 0 radical (unpaired) electrons. The fraction of sp³-hybridized carbons (Fsp3) is 0.909. The number of morpholine rings is 1. The summed E-state index contributed by atoms with van der Waals surface area (Å²) in [5.41, 5.74) is -0.527. The molecule has 1 atom stereocenters. The molecule has 0 aromatic rings. The van der Waals surface area contributed by atoms with Gasteiger partial charge in [-0.3, -0.25) is 9.69 Å². The molecule has 4 nitrogen and oxygen atoms in total. The number of rotatable bonds is 2. The van der Waals surface area contributed by atoms with Crippen molar-refractivity contribution in [2.75, 3.05) is 26.3 Å². The molecule has 1 N–H and O–H groups in total. The third-order valence-electron chi connectivity index (χ3n) is 2.67. The fourth-order valence-electron chi connectivity index (χ4n) is 1.56. The maximum atomic E-state index is 12.0. The first-order valence-corrected chi connectivity index (χ1v) is 6.95. The zero-order chi connectivity index (χ0) is 14.0. The molecule has 1 aliphatic rings. The van der Waals surface area contributed by atoms with Crippen LogP contribution in [-0.2, 0) is 9.53 Å². The van der Waals surface area contributed by atoms with Gasteiger partial charge in [0.15, 0.2) is 0 Å². The van der Waals surface area contributed by atoms with Crippen LogP contribution < -0.4 is 5.32 Å². The fourth-order valence-corrected chi connectivity index (χ4v) is 2.13. The van der Waals surface area contributed by atoms with Crippen LogP contribution in [0.2, 0.25) is 0 Å². The molecule has 1 saturated heterocycles. The number of nitrogens with one attached hydrogen (secondary N) is 1. The molecule has 18 heavy (non-hydrogen) atoms. The maximum absolute atomic E-state index is 12.0. The van der Waals surface area contributed by atoms with E-state index in [1.165, 1.54) is 0 Å². The number of hydrogen-bond acceptors (Lipinski definition) is 3. The lowest BCUT2D eigenvalue weighted by atomic mass is 9.95. The van der Waals surface area contributed by atoms with Crippen molar-refractivity contribution in [1.29, 1.82) is 0 Å². The Labute approximate surface area is 123 Å². The van der Waals surface area contributed by atoms with Crippen molar-refractivity contribution in [3.63, 3.8) is 0 Å². The van der Waals surface area contributed by atoms with Gasteiger partial charge < -0.3 is 10.1 Å². The van der Waals surface area contributed by atoms with Crippen LogP contribution in [0.5, 0.6) is 0 Å². The van der Waals surface area contributed by atoms with Gasteiger partial charge in [0.2, 0.25) is 9.70 Å².